The Bertz CT molecular complexity index is 3160. The van der Waals surface area contributed by atoms with Crippen LogP contribution in [0.3, 0.4) is 0 Å². The van der Waals surface area contributed by atoms with Crippen LogP contribution in [0.4, 0.5) is 22.7 Å². The number of nitrogens with zero attached hydrogens (tertiary/aromatic N) is 2. The lowest BCUT2D eigenvalue weighted by Crippen LogP contribution is -2.64. The van der Waals surface area contributed by atoms with Gasteiger partial charge in [-0.2, -0.15) is 0 Å². The van der Waals surface area contributed by atoms with Crippen molar-refractivity contribution >= 4 is 22.7 Å². The van der Waals surface area contributed by atoms with Gasteiger partial charge in [-0.05, 0) is 178 Å². The number of hydrogen-bond donors (Lipinski definition) is 0. The molecule has 0 N–H and O–H groups in total. The molecule has 5 aliphatic rings. The van der Waals surface area contributed by atoms with Gasteiger partial charge in [0.15, 0.2) is 0 Å². The van der Waals surface area contributed by atoms with Crippen molar-refractivity contribution in [3.8, 4) is 33.4 Å². The third kappa shape index (κ3) is 5.66. The van der Waals surface area contributed by atoms with Crippen molar-refractivity contribution in [1.82, 2.24) is 0 Å². The summed E-state index contributed by atoms with van der Waals surface area (Å²) in [7, 11) is 0. The standard InChI is InChI=1S/C69H68N2/c1-63(2)39-21-41-65(5)59-45-49(33-37-61(59)70(67(63,65)7)53-27-17-11-18-28-53)47-31-35-55-56-36-32-48(44-58(56)69(57(55)43-47,51-23-13-9-14-24-51)52-25-15-10-16-26-52)50-34-38-62-60(46-50)66(6)42-22-40-64(3,4)68(66,8)71(62)54-29-19-12-20-30-54/h9-20,23-38,43-46H,21-22,39-42H2,1-8H3. The van der Waals surface area contributed by atoms with Gasteiger partial charge in [0, 0.05) is 33.6 Å². The summed E-state index contributed by atoms with van der Waals surface area (Å²) in [5, 5.41) is 0. The van der Waals surface area contributed by atoms with Crippen molar-refractivity contribution in [2.45, 2.75) is 121 Å². The zero-order chi connectivity index (χ0) is 48.8. The predicted octanol–water partition coefficient (Wildman–Crippen LogP) is 18.1. The second-order valence-electron chi connectivity index (χ2n) is 24.1. The number of rotatable bonds is 6. The maximum atomic E-state index is 2.72. The summed E-state index contributed by atoms with van der Waals surface area (Å²) in [6.45, 7) is 20.3. The van der Waals surface area contributed by atoms with Gasteiger partial charge in [-0.3, -0.25) is 0 Å². The molecule has 3 aliphatic carbocycles. The highest BCUT2D eigenvalue weighted by Crippen LogP contribution is 2.68. The lowest BCUT2D eigenvalue weighted by molar-refractivity contribution is 0.0484. The average molecular weight is 925 g/mol. The van der Waals surface area contributed by atoms with Crippen LogP contribution in [-0.2, 0) is 16.2 Å². The molecule has 0 bridgehead atoms. The lowest BCUT2D eigenvalue weighted by atomic mass is 9.51. The van der Waals surface area contributed by atoms with E-state index in [-0.39, 0.29) is 32.7 Å². The zero-order valence-corrected chi connectivity index (χ0v) is 43.1. The highest BCUT2D eigenvalue weighted by Gasteiger charge is 2.66. The van der Waals surface area contributed by atoms with Crippen molar-refractivity contribution in [3.63, 3.8) is 0 Å². The molecular weight excluding hydrogens is 857 g/mol. The fourth-order valence-electron chi connectivity index (χ4n) is 16.1. The van der Waals surface area contributed by atoms with E-state index in [0.29, 0.717) is 0 Å². The number of fused-ring (bicyclic) bond motifs is 9. The predicted molar refractivity (Wildman–Crippen MR) is 299 cm³/mol. The smallest absolute Gasteiger partial charge is 0.0713 e. The largest absolute Gasteiger partial charge is 0.334 e. The maximum Gasteiger partial charge on any atom is 0.0713 e. The topological polar surface area (TPSA) is 6.48 Å². The van der Waals surface area contributed by atoms with Gasteiger partial charge in [0.05, 0.1) is 16.5 Å². The van der Waals surface area contributed by atoms with Gasteiger partial charge in [-0.15, -0.1) is 0 Å². The van der Waals surface area contributed by atoms with E-state index in [1.165, 1.54) is 128 Å². The van der Waals surface area contributed by atoms with Gasteiger partial charge in [0.2, 0.25) is 0 Å². The first kappa shape index (κ1) is 44.3. The summed E-state index contributed by atoms with van der Waals surface area (Å²) in [5.41, 5.74) is 20.7. The van der Waals surface area contributed by atoms with E-state index in [4.69, 9.17) is 0 Å². The monoisotopic (exact) mass is 925 g/mol. The normalized spacial score (nSPS) is 25.9. The van der Waals surface area contributed by atoms with Gasteiger partial charge in [0.1, 0.15) is 0 Å². The van der Waals surface area contributed by atoms with Gasteiger partial charge in [-0.1, -0.05) is 188 Å². The minimum Gasteiger partial charge on any atom is -0.334 e. The third-order valence-electron chi connectivity index (χ3n) is 20.5. The molecule has 4 unspecified atom stereocenters. The molecule has 2 nitrogen and oxygen atoms in total. The highest BCUT2D eigenvalue weighted by molar-refractivity contribution is 5.91. The Hall–Kier alpha value is -6.64. The van der Waals surface area contributed by atoms with E-state index in [1.54, 1.807) is 0 Å². The molecule has 0 spiro atoms. The second-order valence-corrected chi connectivity index (χ2v) is 24.1. The van der Waals surface area contributed by atoms with Gasteiger partial charge in [0.25, 0.3) is 0 Å². The summed E-state index contributed by atoms with van der Waals surface area (Å²) in [6, 6.07) is 74.8. The first-order valence-electron chi connectivity index (χ1n) is 26.6. The van der Waals surface area contributed by atoms with Gasteiger partial charge >= 0.3 is 0 Å². The molecule has 0 saturated heterocycles. The second kappa shape index (κ2) is 15.2. The molecule has 13 rings (SSSR count). The van der Waals surface area contributed by atoms with Gasteiger partial charge in [-0.25, -0.2) is 0 Å². The zero-order valence-electron chi connectivity index (χ0n) is 43.1. The molecule has 8 aromatic rings. The highest BCUT2D eigenvalue weighted by atomic mass is 15.3. The molecule has 2 heterocycles. The molecule has 2 saturated carbocycles. The molecule has 2 aliphatic heterocycles. The van der Waals surface area contributed by atoms with Crippen molar-refractivity contribution in [2.75, 3.05) is 9.80 Å². The third-order valence-corrected chi connectivity index (χ3v) is 20.5. The number of anilines is 4. The summed E-state index contributed by atoms with van der Waals surface area (Å²) in [6.07, 6.45) is 7.24. The van der Waals surface area contributed by atoms with E-state index in [0.717, 1.165) is 0 Å². The summed E-state index contributed by atoms with van der Waals surface area (Å²) < 4.78 is 0. The van der Waals surface area contributed by atoms with Crippen LogP contribution in [0, 0.1) is 10.8 Å². The quantitative estimate of drug-likeness (QED) is 0.164. The minimum atomic E-state index is -0.545. The Morgan fingerprint density at radius 3 is 1.01 bits per heavy atom. The van der Waals surface area contributed by atoms with E-state index in [9.17, 15) is 0 Å². The van der Waals surface area contributed by atoms with Crippen LogP contribution >= 0.6 is 0 Å². The van der Waals surface area contributed by atoms with Gasteiger partial charge < -0.3 is 9.80 Å². The van der Waals surface area contributed by atoms with Crippen LogP contribution in [0.2, 0.25) is 0 Å². The number of para-hydroxylation sites is 2. The van der Waals surface area contributed by atoms with Crippen molar-refractivity contribution in [1.29, 1.82) is 0 Å². The van der Waals surface area contributed by atoms with Crippen LogP contribution in [0.1, 0.15) is 127 Å². The Kier molecular flexibility index (Phi) is 9.48. The molecule has 354 valence electrons. The molecule has 2 heteroatoms. The fraction of sp³-hybridized carbons (Fsp3) is 0.304. The Morgan fingerprint density at radius 2 is 0.648 bits per heavy atom. The van der Waals surface area contributed by atoms with Crippen LogP contribution in [-0.4, -0.2) is 11.1 Å². The minimum absolute atomic E-state index is 0.0300. The van der Waals surface area contributed by atoms with Crippen LogP contribution in [0.15, 0.2) is 194 Å². The number of benzene rings is 8. The first-order chi connectivity index (χ1) is 34.2. The first-order valence-corrected chi connectivity index (χ1v) is 26.6. The molecule has 4 atom stereocenters. The van der Waals surface area contributed by atoms with Crippen molar-refractivity contribution in [3.05, 3.63) is 228 Å². The van der Waals surface area contributed by atoms with Crippen LogP contribution in [0.25, 0.3) is 33.4 Å². The molecule has 0 aromatic heterocycles. The van der Waals surface area contributed by atoms with E-state index in [1.807, 2.05) is 0 Å². The molecule has 2 fully saturated rings. The summed E-state index contributed by atoms with van der Waals surface area (Å²) in [4.78, 5) is 5.43. The molecular formula is C69H68N2. The molecule has 71 heavy (non-hydrogen) atoms. The van der Waals surface area contributed by atoms with E-state index in [2.05, 4.69) is 259 Å². The van der Waals surface area contributed by atoms with Crippen molar-refractivity contribution in [2.24, 2.45) is 10.8 Å². The molecule has 0 amide bonds. The summed E-state index contributed by atoms with van der Waals surface area (Å²) in [5.74, 6) is 0. The molecule has 8 aromatic carbocycles. The van der Waals surface area contributed by atoms with Crippen molar-refractivity contribution < 1.29 is 0 Å². The Morgan fingerprint density at radius 1 is 0.324 bits per heavy atom. The SMILES string of the molecule is CC1(C)CCCC2(C)c3cc(-c4ccc5c(c4)C(c4ccccc4)(c4ccccc4)c4cc(-c6ccc7c(c6)C6(C)CCCC(C)(C)C6(C)N7c6ccccc6)ccc4-5)ccc3N(c3ccccc3)C12C. The average Bonchev–Trinajstić information content (AvgIpc) is 3.89. The summed E-state index contributed by atoms with van der Waals surface area (Å²) >= 11 is 0. The van der Waals surface area contributed by atoms with Crippen LogP contribution in [0.5, 0.6) is 0 Å². The van der Waals surface area contributed by atoms with Crippen LogP contribution < -0.4 is 9.80 Å². The van der Waals surface area contributed by atoms with E-state index >= 15 is 0 Å². The Labute approximate surface area is 423 Å². The maximum absolute atomic E-state index is 2.72. The molecule has 0 radical (unpaired) electrons. The van der Waals surface area contributed by atoms with E-state index < -0.39 is 5.41 Å². The lowest BCUT2D eigenvalue weighted by Gasteiger charge is -2.59. The fourth-order valence-corrected chi connectivity index (χ4v) is 16.1. The Balaban J connectivity index is 0.990. The number of hydrogen-bond acceptors (Lipinski definition) is 2.